The van der Waals surface area contributed by atoms with Crippen molar-refractivity contribution in [1.29, 1.82) is 0 Å². The van der Waals surface area contributed by atoms with Gasteiger partial charge in [-0.25, -0.2) is 4.79 Å². The van der Waals surface area contributed by atoms with Gasteiger partial charge < -0.3 is 10.4 Å². The van der Waals surface area contributed by atoms with Crippen LogP contribution < -0.4 is 10.6 Å². The highest BCUT2D eigenvalue weighted by atomic mass is 16.4. The van der Waals surface area contributed by atoms with Crippen molar-refractivity contribution in [2.24, 2.45) is 0 Å². The van der Waals surface area contributed by atoms with Crippen molar-refractivity contribution in [1.82, 2.24) is 10.2 Å². The lowest BCUT2D eigenvalue weighted by Gasteiger charge is -2.27. The summed E-state index contributed by atoms with van der Waals surface area (Å²) in [5.74, 6) is -3.45. The summed E-state index contributed by atoms with van der Waals surface area (Å²) in [6.45, 7) is 2.07. The van der Waals surface area contributed by atoms with E-state index in [0.717, 1.165) is 30.6 Å². The van der Waals surface area contributed by atoms with Crippen LogP contribution in [0.5, 0.6) is 0 Å². The van der Waals surface area contributed by atoms with Crippen LogP contribution in [-0.4, -0.2) is 51.7 Å². The van der Waals surface area contributed by atoms with Crippen molar-refractivity contribution in [3.8, 4) is 0 Å². The predicted molar refractivity (Wildman–Crippen MR) is 107 cm³/mol. The average Bonchev–Trinajstić information content (AvgIpc) is 2.96. The summed E-state index contributed by atoms with van der Waals surface area (Å²) in [4.78, 5) is 62.0. The van der Waals surface area contributed by atoms with Crippen molar-refractivity contribution in [3.05, 3.63) is 29.3 Å². The first-order chi connectivity index (χ1) is 14.3. The molecule has 2 heterocycles. The van der Waals surface area contributed by atoms with E-state index in [1.807, 2.05) is 0 Å². The number of benzene rings is 1. The molecule has 0 aromatic heterocycles. The van der Waals surface area contributed by atoms with Gasteiger partial charge in [0, 0.05) is 12.1 Å². The molecule has 1 saturated heterocycles. The molecule has 9 heteroatoms. The Balaban J connectivity index is 1.83. The van der Waals surface area contributed by atoms with E-state index in [1.165, 1.54) is 6.07 Å². The number of nitrogens with zero attached hydrogens (tertiary/aromatic N) is 1. The quantitative estimate of drug-likeness (QED) is 0.414. The summed E-state index contributed by atoms with van der Waals surface area (Å²) in [7, 11) is 0. The van der Waals surface area contributed by atoms with Gasteiger partial charge in [0.1, 0.15) is 12.1 Å². The minimum absolute atomic E-state index is 0.0355. The molecule has 9 nitrogen and oxygen atoms in total. The number of rotatable bonds is 9. The topological polar surface area (TPSA) is 133 Å². The maximum Gasteiger partial charge on any atom is 0.326 e. The highest BCUT2D eigenvalue weighted by molar-refractivity contribution is 6.25. The molecule has 0 radical (unpaired) electrons. The fourth-order valence-electron chi connectivity index (χ4n) is 3.86. The molecule has 0 spiro atoms. The van der Waals surface area contributed by atoms with Crippen LogP contribution in [0.25, 0.3) is 0 Å². The lowest BCUT2D eigenvalue weighted by molar-refractivity contribution is -0.138. The van der Waals surface area contributed by atoms with Crippen LogP contribution in [0.15, 0.2) is 18.2 Å². The molecule has 30 heavy (non-hydrogen) atoms. The zero-order valence-electron chi connectivity index (χ0n) is 16.8. The van der Waals surface area contributed by atoms with Crippen molar-refractivity contribution >= 4 is 35.3 Å². The van der Waals surface area contributed by atoms with E-state index in [0.29, 0.717) is 6.42 Å². The third-order valence-corrected chi connectivity index (χ3v) is 5.44. The number of amides is 4. The second kappa shape index (κ2) is 9.06. The summed E-state index contributed by atoms with van der Waals surface area (Å²) < 4.78 is 0. The maximum atomic E-state index is 13.1. The number of unbranched alkanes of at least 4 members (excludes halogenated alkanes) is 3. The third kappa shape index (κ3) is 4.19. The van der Waals surface area contributed by atoms with E-state index in [1.54, 1.807) is 12.1 Å². The molecular formula is C21H25N3O6. The largest absolute Gasteiger partial charge is 0.480 e. The lowest BCUT2D eigenvalue weighted by Crippen LogP contribution is -2.54. The van der Waals surface area contributed by atoms with Crippen LogP contribution in [0.4, 0.5) is 5.69 Å². The highest BCUT2D eigenvalue weighted by Crippen LogP contribution is 2.33. The molecule has 0 saturated carbocycles. The van der Waals surface area contributed by atoms with Gasteiger partial charge >= 0.3 is 5.97 Å². The number of carboxylic acids is 1. The molecule has 2 unspecified atom stereocenters. The maximum absolute atomic E-state index is 13.1. The fraction of sp³-hybridized carbons (Fsp3) is 0.476. The summed E-state index contributed by atoms with van der Waals surface area (Å²) in [6, 6.07) is 2.63. The number of hydrogen-bond donors (Lipinski definition) is 3. The molecule has 1 fully saturated rings. The first kappa shape index (κ1) is 21.5. The molecule has 1 aromatic carbocycles. The average molecular weight is 415 g/mol. The Morgan fingerprint density at radius 1 is 1.20 bits per heavy atom. The Kier molecular flexibility index (Phi) is 6.49. The molecule has 1 aromatic rings. The monoisotopic (exact) mass is 415 g/mol. The fourth-order valence-corrected chi connectivity index (χ4v) is 3.86. The van der Waals surface area contributed by atoms with Crippen molar-refractivity contribution < 1.29 is 29.1 Å². The second-order valence-corrected chi connectivity index (χ2v) is 7.56. The van der Waals surface area contributed by atoms with E-state index < -0.39 is 41.7 Å². The highest BCUT2D eigenvalue weighted by Gasteiger charge is 2.45. The van der Waals surface area contributed by atoms with Gasteiger partial charge in [0.25, 0.3) is 11.8 Å². The SMILES string of the molecule is CCCCCCC(Nc1cccc2c1C(=O)N(C1CCC(=O)NC1=O)C2=O)C(=O)O. The normalized spacial score (nSPS) is 19.5. The van der Waals surface area contributed by atoms with Crippen LogP contribution in [-0.2, 0) is 14.4 Å². The van der Waals surface area contributed by atoms with E-state index in [2.05, 4.69) is 17.6 Å². The molecule has 2 aliphatic rings. The van der Waals surface area contributed by atoms with Gasteiger partial charge in [0.2, 0.25) is 11.8 Å². The summed E-state index contributed by atoms with van der Waals surface area (Å²) in [5, 5.41) is 14.6. The first-order valence-electron chi connectivity index (χ1n) is 10.2. The molecule has 2 atom stereocenters. The van der Waals surface area contributed by atoms with Crippen LogP contribution in [0, 0.1) is 0 Å². The van der Waals surface area contributed by atoms with Gasteiger partial charge in [0.15, 0.2) is 0 Å². The minimum Gasteiger partial charge on any atom is -0.480 e. The summed E-state index contributed by atoms with van der Waals surface area (Å²) in [6.07, 6.45) is 4.17. The number of fused-ring (bicyclic) bond motifs is 1. The van der Waals surface area contributed by atoms with Gasteiger partial charge in [-0.05, 0) is 25.0 Å². The van der Waals surface area contributed by atoms with E-state index in [4.69, 9.17) is 0 Å². The van der Waals surface area contributed by atoms with E-state index >= 15 is 0 Å². The summed E-state index contributed by atoms with van der Waals surface area (Å²) >= 11 is 0. The summed E-state index contributed by atoms with van der Waals surface area (Å²) in [5.41, 5.74) is 0.431. The number of carbonyl (C=O) groups is 5. The zero-order valence-corrected chi connectivity index (χ0v) is 16.8. The smallest absolute Gasteiger partial charge is 0.326 e. The number of piperidine rings is 1. The number of carbonyl (C=O) groups excluding carboxylic acids is 4. The van der Waals surface area contributed by atoms with Gasteiger partial charge in [-0.2, -0.15) is 0 Å². The second-order valence-electron chi connectivity index (χ2n) is 7.56. The standard InChI is InChI=1S/C21H25N3O6/c1-2-3-4-5-8-14(21(29)30)22-13-9-6-7-12-17(13)20(28)24(19(12)27)15-10-11-16(25)23-18(15)26/h6-7,9,14-15,22H,2-5,8,10-11H2,1H3,(H,29,30)(H,23,25,26). The Labute approximate surface area is 173 Å². The van der Waals surface area contributed by atoms with Crippen LogP contribution in [0.2, 0.25) is 0 Å². The Morgan fingerprint density at radius 2 is 1.97 bits per heavy atom. The number of nitrogens with one attached hydrogen (secondary N) is 2. The van der Waals surface area contributed by atoms with Crippen molar-refractivity contribution in [3.63, 3.8) is 0 Å². The van der Waals surface area contributed by atoms with Gasteiger partial charge in [-0.3, -0.25) is 29.4 Å². The lowest BCUT2D eigenvalue weighted by atomic mass is 10.0. The van der Waals surface area contributed by atoms with Gasteiger partial charge in [0.05, 0.1) is 11.1 Å². The first-order valence-corrected chi connectivity index (χ1v) is 10.2. The Morgan fingerprint density at radius 3 is 2.63 bits per heavy atom. The Hall–Kier alpha value is -3.23. The number of carboxylic acid groups (broad SMARTS) is 1. The van der Waals surface area contributed by atoms with E-state index in [9.17, 15) is 29.1 Å². The van der Waals surface area contributed by atoms with Gasteiger partial charge in [-0.15, -0.1) is 0 Å². The van der Waals surface area contributed by atoms with Crippen LogP contribution in [0.3, 0.4) is 0 Å². The van der Waals surface area contributed by atoms with E-state index in [-0.39, 0.29) is 29.7 Å². The van der Waals surface area contributed by atoms with Crippen molar-refractivity contribution in [2.45, 2.75) is 64.0 Å². The molecule has 2 aliphatic heterocycles. The molecule has 3 rings (SSSR count). The molecule has 3 N–H and O–H groups in total. The van der Waals surface area contributed by atoms with Gasteiger partial charge in [-0.1, -0.05) is 38.7 Å². The Bertz CT molecular complexity index is 897. The minimum atomic E-state index is -1.06. The number of anilines is 1. The molecule has 4 amide bonds. The van der Waals surface area contributed by atoms with Crippen LogP contribution in [0.1, 0.15) is 72.6 Å². The van der Waals surface area contributed by atoms with Crippen LogP contribution >= 0.6 is 0 Å². The number of imide groups is 2. The molecule has 0 bridgehead atoms. The number of hydrogen-bond acceptors (Lipinski definition) is 6. The number of aliphatic carboxylic acids is 1. The third-order valence-electron chi connectivity index (χ3n) is 5.44. The van der Waals surface area contributed by atoms with Crippen molar-refractivity contribution in [2.75, 3.05) is 5.32 Å². The predicted octanol–water partition coefficient (Wildman–Crippen LogP) is 1.92. The molecule has 160 valence electrons. The molecular weight excluding hydrogens is 390 g/mol. The zero-order chi connectivity index (χ0) is 21.8. The molecule has 0 aliphatic carbocycles.